The van der Waals surface area contributed by atoms with E-state index in [1.165, 1.54) is 12.1 Å². The second-order valence-electron chi connectivity index (χ2n) is 8.42. The number of carbonyl (C=O) groups excluding carboxylic acids is 2. The Balaban J connectivity index is 1.38. The van der Waals surface area contributed by atoms with E-state index < -0.39 is 10.0 Å². The van der Waals surface area contributed by atoms with E-state index in [9.17, 15) is 18.0 Å². The summed E-state index contributed by atoms with van der Waals surface area (Å²) >= 11 is 0. The molecule has 3 N–H and O–H groups in total. The number of nitrogens with one attached hydrogen (secondary N) is 3. The standard InChI is InChI=1S/C26H27N3O4S/c1-18(20-12-14-23(15-13-20)29-25(30)21-10-11-21)28-26(31)22-8-5-9-24(16-22)34(32,33)27-17-19-6-3-2-4-7-19/h2-9,12-16,18,21,27H,10-11,17H2,1H3,(H,28,31)(H,29,30). The highest BCUT2D eigenvalue weighted by molar-refractivity contribution is 7.89. The number of hydrogen-bond acceptors (Lipinski definition) is 4. The molecule has 0 spiro atoms. The van der Waals surface area contributed by atoms with Crippen LogP contribution < -0.4 is 15.4 Å². The minimum Gasteiger partial charge on any atom is -0.346 e. The van der Waals surface area contributed by atoms with Crippen LogP contribution >= 0.6 is 0 Å². The molecule has 2 amide bonds. The predicted octanol–water partition coefficient (Wildman–Crippen LogP) is 4.00. The number of benzene rings is 3. The van der Waals surface area contributed by atoms with Gasteiger partial charge >= 0.3 is 0 Å². The van der Waals surface area contributed by atoms with Crippen LogP contribution in [0.2, 0.25) is 0 Å². The van der Waals surface area contributed by atoms with Gasteiger partial charge in [-0.05, 0) is 61.2 Å². The number of sulfonamides is 1. The van der Waals surface area contributed by atoms with Crippen LogP contribution in [0.15, 0.2) is 83.8 Å². The molecule has 3 aromatic carbocycles. The normalized spacial score (nSPS) is 14.3. The first kappa shape index (κ1) is 23.7. The molecule has 1 atom stereocenters. The van der Waals surface area contributed by atoms with Gasteiger partial charge in [0.25, 0.3) is 5.91 Å². The molecule has 1 unspecified atom stereocenters. The summed E-state index contributed by atoms with van der Waals surface area (Å²) in [6, 6.07) is 22.2. The Hall–Kier alpha value is -3.49. The second kappa shape index (κ2) is 10.2. The van der Waals surface area contributed by atoms with Crippen molar-refractivity contribution < 1.29 is 18.0 Å². The highest BCUT2D eigenvalue weighted by Crippen LogP contribution is 2.30. The van der Waals surface area contributed by atoms with Crippen molar-refractivity contribution in [3.05, 3.63) is 95.6 Å². The van der Waals surface area contributed by atoms with Crippen molar-refractivity contribution in [3.8, 4) is 0 Å². The topological polar surface area (TPSA) is 104 Å². The minimum atomic E-state index is -3.78. The summed E-state index contributed by atoms with van der Waals surface area (Å²) in [6.45, 7) is 2.01. The van der Waals surface area contributed by atoms with Gasteiger partial charge in [-0.25, -0.2) is 13.1 Å². The van der Waals surface area contributed by atoms with Gasteiger partial charge in [0.2, 0.25) is 15.9 Å². The van der Waals surface area contributed by atoms with Gasteiger partial charge in [-0.2, -0.15) is 0 Å². The zero-order valence-corrected chi connectivity index (χ0v) is 19.6. The highest BCUT2D eigenvalue weighted by atomic mass is 32.2. The SMILES string of the molecule is CC(NC(=O)c1cccc(S(=O)(=O)NCc2ccccc2)c1)c1ccc(NC(=O)C2CC2)cc1. The molecular weight excluding hydrogens is 450 g/mol. The molecule has 3 aromatic rings. The lowest BCUT2D eigenvalue weighted by molar-refractivity contribution is -0.117. The molecule has 1 fully saturated rings. The molecule has 8 heteroatoms. The molecule has 0 radical (unpaired) electrons. The average Bonchev–Trinajstić information content (AvgIpc) is 3.70. The molecule has 1 saturated carbocycles. The molecule has 1 aliphatic rings. The quantitative estimate of drug-likeness (QED) is 0.433. The summed E-state index contributed by atoms with van der Waals surface area (Å²) in [4.78, 5) is 24.7. The van der Waals surface area contributed by atoms with E-state index in [4.69, 9.17) is 0 Å². The molecule has 7 nitrogen and oxygen atoms in total. The Morgan fingerprint density at radius 1 is 0.941 bits per heavy atom. The Bertz CT molecular complexity index is 1270. The molecule has 0 aliphatic heterocycles. The summed E-state index contributed by atoms with van der Waals surface area (Å²) in [7, 11) is -3.78. The molecular formula is C26H27N3O4S. The molecule has 0 heterocycles. The van der Waals surface area contributed by atoms with Crippen LogP contribution in [0.3, 0.4) is 0 Å². The fraction of sp³-hybridized carbons (Fsp3) is 0.231. The largest absolute Gasteiger partial charge is 0.346 e. The average molecular weight is 478 g/mol. The van der Waals surface area contributed by atoms with E-state index in [2.05, 4.69) is 15.4 Å². The predicted molar refractivity (Wildman–Crippen MR) is 131 cm³/mol. The highest BCUT2D eigenvalue weighted by Gasteiger charge is 2.29. The van der Waals surface area contributed by atoms with Crippen molar-refractivity contribution in [2.24, 2.45) is 5.92 Å². The molecule has 4 rings (SSSR count). The maximum atomic E-state index is 12.8. The Morgan fingerprint density at radius 2 is 1.65 bits per heavy atom. The van der Waals surface area contributed by atoms with Gasteiger partial charge < -0.3 is 10.6 Å². The maximum Gasteiger partial charge on any atom is 0.251 e. The molecule has 34 heavy (non-hydrogen) atoms. The Morgan fingerprint density at radius 3 is 2.32 bits per heavy atom. The summed E-state index contributed by atoms with van der Waals surface area (Å²) in [5.74, 6) is -0.202. The van der Waals surface area contributed by atoms with Crippen molar-refractivity contribution in [2.75, 3.05) is 5.32 Å². The summed E-state index contributed by atoms with van der Waals surface area (Å²) in [5.41, 5.74) is 2.68. The molecule has 176 valence electrons. The van der Waals surface area contributed by atoms with Crippen molar-refractivity contribution in [2.45, 2.75) is 37.2 Å². The van der Waals surface area contributed by atoms with E-state index >= 15 is 0 Å². The van der Waals surface area contributed by atoms with Crippen LogP contribution in [0.25, 0.3) is 0 Å². The van der Waals surface area contributed by atoms with E-state index in [1.54, 1.807) is 12.1 Å². The number of amides is 2. The lowest BCUT2D eigenvalue weighted by Gasteiger charge is -2.16. The number of hydrogen-bond donors (Lipinski definition) is 3. The second-order valence-corrected chi connectivity index (χ2v) is 10.2. The van der Waals surface area contributed by atoms with E-state index in [0.29, 0.717) is 0 Å². The maximum absolute atomic E-state index is 12.8. The third-order valence-corrected chi connectivity index (χ3v) is 7.09. The van der Waals surface area contributed by atoms with Crippen LogP contribution in [0.5, 0.6) is 0 Å². The van der Waals surface area contributed by atoms with Gasteiger partial charge in [-0.3, -0.25) is 9.59 Å². The zero-order valence-electron chi connectivity index (χ0n) is 18.8. The van der Waals surface area contributed by atoms with Crippen molar-refractivity contribution in [1.29, 1.82) is 0 Å². The van der Waals surface area contributed by atoms with Gasteiger partial charge in [0.05, 0.1) is 10.9 Å². The van der Waals surface area contributed by atoms with Crippen molar-refractivity contribution >= 4 is 27.5 Å². The minimum absolute atomic E-state index is 0.0273. The summed E-state index contributed by atoms with van der Waals surface area (Å²) < 4.78 is 28.0. The monoisotopic (exact) mass is 477 g/mol. The number of rotatable bonds is 9. The van der Waals surface area contributed by atoms with E-state index in [1.807, 2.05) is 61.5 Å². The van der Waals surface area contributed by atoms with Crippen LogP contribution in [0.1, 0.15) is 47.3 Å². The molecule has 0 aromatic heterocycles. The molecule has 0 bridgehead atoms. The Kier molecular flexibility index (Phi) is 7.09. The summed E-state index contributed by atoms with van der Waals surface area (Å²) in [5, 5.41) is 5.78. The first-order valence-electron chi connectivity index (χ1n) is 11.2. The van der Waals surface area contributed by atoms with Gasteiger partial charge in [-0.1, -0.05) is 48.5 Å². The fourth-order valence-electron chi connectivity index (χ4n) is 3.47. The fourth-order valence-corrected chi connectivity index (χ4v) is 4.53. The number of anilines is 1. The van der Waals surface area contributed by atoms with Crippen LogP contribution in [0.4, 0.5) is 5.69 Å². The van der Waals surface area contributed by atoms with Crippen molar-refractivity contribution in [1.82, 2.24) is 10.0 Å². The van der Waals surface area contributed by atoms with Gasteiger partial charge in [-0.15, -0.1) is 0 Å². The van der Waals surface area contributed by atoms with Gasteiger partial charge in [0.15, 0.2) is 0 Å². The third-order valence-electron chi connectivity index (χ3n) is 5.69. The van der Waals surface area contributed by atoms with E-state index in [0.717, 1.165) is 29.7 Å². The molecule has 0 saturated heterocycles. The van der Waals surface area contributed by atoms with Gasteiger partial charge in [0.1, 0.15) is 0 Å². The van der Waals surface area contributed by atoms with Crippen LogP contribution in [0, 0.1) is 5.92 Å². The molecule has 1 aliphatic carbocycles. The van der Waals surface area contributed by atoms with Crippen LogP contribution in [-0.2, 0) is 21.4 Å². The first-order valence-corrected chi connectivity index (χ1v) is 12.7. The lowest BCUT2D eigenvalue weighted by Crippen LogP contribution is -2.27. The van der Waals surface area contributed by atoms with E-state index in [-0.39, 0.29) is 40.8 Å². The lowest BCUT2D eigenvalue weighted by atomic mass is 10.1. The van der Waals surface area contributed by atoms with Crippen molar-refractivity contribution in [3.63, 3.8) is 0 Å². The smallest absolute Gasteiger partial charge is 0.251 e. The van der Waals surface area contributed by atoms with Crippen LogP contribution in [-0.4, -0.2) is 20.2 Å². The third kappa shape index (κ3) is 6.09. The number of carbonyl (C=O) groups is 2. The first-order chi connectivity index (χ1) is 16.3. The zero-order chi connectivity index (χ0) is 24.1. The summed E-state index contributed by atoms with van der Waals surface area (Å²) in [6.07, 6.45) is 1.89. The van der Waals surface area contributed by atoms with Gasteiger partial charge in [0, 0.05) is 23.7 Å². The Labute approximate surface area is 199 Å².